The van der Waals surface area contributed by atoms with Crippen molar-refractivity contribution in [3.8, 4) is 0 Å². The zero-order valence-electron chi connectivity index (χ0n) is 8.29. The van der Waals surface area contributed by atoms with Crippen molar-refractivity contribution in [3.63, 3.8) is 0 Å². The second kappa shape index (κ2) is 4.83. The molecule has 1 aliphatic rings. The van der Waals surface area contributed by atoms with Crippen LogP contribution in [0.15, 0.2) is 0 Å². The number of rotatable bonds is 3. The van der Waals surface area contributed by atoms with Crippen molar-refractivity contribution in [1.82, 2.24) is 4.90 Å². The molecule has 0 aromatic carbocycles. The van der Waals surface area contributed by atoms with Crippen molar-refractivity contribution < 1.29 is 5.11 Å². The van der Waals surface area contributed by atoms with Crippen LogP contribution >= 0.6 is 0 Å². The molecule has 2 atom stereocenters. The first-order valence-electron chi connectivity index (χ1n) is 5.18. The third-order valence-corrected chi connectivity index (χ3v) is 2.91. The third kappa shape index (κ3) is 2.46. The molecule has 0 bridgehead atoms. The number of hydrogen-bond acceptors (Lipinski definition) is 2. The summed E-state index contributed by atoms with van der Waals surface area (Å²) in [6, 6.07) is 0. The summed E-state index contributed by atoms with van der Waals surface area (Å²) >= 11 is 0. The van der Waals surface area contributed by atoms with Crippen molar-refractivity contribution in [2.45, 2.75) is 39.2 Å². The van der Waals surface area contributed by atoms with Crippen LogP contribution in [0.25, 0.3) is 0 Å². The van der Waals surface area contributed by atoms with Gasteiger partial charge in [-0.3, -0.25) is 0 Å². The van der Waals surface area contributed by atoms with Crippen molar-refractivity contribution in [2.75, 3.05) is 19.6 Å². The minimum Gasteiger partial charge on any atom is -0.392 e. The summed E-state index contributed by atoms with van der Waals surface area (Å²) in [5.41, 5.74) is 0. The number of aliphatic hydroxyl groups is 1. The van der Waals surface area contributed by atoms with Gasteiger partial charge >= 0.3 is 0 Å². The summed E-state index contributed by atoms with van der Waals surface area (Å²) in [5.74, 6) is 0.567. The van der Waals surface area contributed by atoms with E-state index in [0.717, 1.165) is 13.1 Å². The number of nitrogens with zero attached hydrogens (tertiary/aromatic N) is 1. The lowest BCUT2D eigenvalue weighted by Crippen LogP contribution is -2.43. The summed E-state index contributed by atoms with van der Waals surface area (Å²) in [6.07, 6.45) is 3.51. The average Bonchev–Trinajstić information content (AvgIpc) is 2.09. The van der Waals surface area contributed by atoms with Crippen LogP contribution < -0.4 is 0 Å². The molecule has 1 aliphatic heterocycles. The summed E-state index contributed by atoms with van der Waals surface area (Å²) in [6.45, 7) is 7.50. The molecule has 0 saturated carbocycles. The van der Waals surface area contributed by atoms with Gasteiger partial charge in [-0.25, -0.2) is 0 Å². The number of likely N-dealkylation sites (tertiary alicyclic amines) is 1. The molecule has 0 aliphatic carbocycles. The van der Waals surface area contributed by atoms with Crippen LogP contribution in [0.3, 0.4) is 0 Å². The Kier molecular flexibility index (Phi) is 4.02. The quantitative estimate of drug-likeness (QED) is 0.695. The predicted molar refractivity (Wildman–Crippen MR) is 51.1 cm³/mol. The highest BCUT2D eigenvalue weighted by Crippen LogP contribution is 2.21. The Morgan fingerprint density at radius 3 is 2.67 bits per heavy atom. The maximum absolute atomic E-state index is 9.76. The molecule has 2 heteroatoms. The molecule has 0 aromatic rings. The molecule has 0 radical (unpaired) electrons. The highest BCUT2D eigenvalue weighted by atomic mass is 16.3. The van der Waals surface area contributed by atoms with Crippen LogP contribution in [0.2, 0.25) is 0 Å². The van der Waals surface area contributed by atoms with E-state index in [1.165, 1.54) is 25.8 Å². The van der Waals surface area contributed by atoms with Crippen molar-refractivity contribution >= 4 is 0 Å². The topological polar surface area (TPSA) is 23.5 Å². The van der Waals surface area contributed by atoms with E-state index in [4.69, 9.17) is 0 Å². The average molecular weight is 171 g/mol. The zero-order valence-corrected chi connectivity index (χ0v) is 8.29. The molecule has 0 spiro atoms. The van der Waals surface area contributed by atoms with Gasteiger partial charge in [0.05, 0.1) is 6.10 Å². The zero-order chi connectivity index (χ0) is 8.97. The van der Waals surface area contributed by atoms with Gasteiger partial charge in [0.25, 0.3) is 0 Å². The maximum Gasteiger partial charge on any atom is 0.0695 e. The van der Waals surface area contributed by atoms with Crippen LogP contribution in [-0.2, 0) is 0 Å². The van der Waals surface area contributed by atoms with Crippen LogP contribution in [0, 0.1) is 5.92 Å². The first kappa shape index (κ1) is 10.0. The fraction of sp³-hybridized carbons (Fsp3) is 1.00. The van der Waals surface area contributed by atoms with Crippen molar-refractivity contribution in [2.24, 2.45) is 5.92 Å². The van der Waals surface area contributed by atoms with Gasteiger partial charge in [0.2, 0.25) is 0 Å². The molecule has 0 aromatic heterocycles. The number of piperidine rings is 1. The summed E-state index contributed by atoms with van der Waals surface area (Å²) < 4.78 is 0. The second-order valence-corrected chi connectivity index (χ2v) is 3.80. The Bertz CT molecular complexity index is 127. The lowest BCUT2D eigenvalue weighted by molar-refractivity contribution is 0.0203. The molecule has 0 amide bonds. The molecule has 1 rings (SSSR count). The Balaban J connectivity index is 2.31. The van der Waals surface area contributed by atoms with Crippen LogP contribution in [0.5, 0.6) is 0 Å². The molecule has 1 unspecified atom stereocenters. The van der Waals surface area contributed by atoms with Gasteiger partial charge in [-0.1, -0.05) is 20.3 Å². The van der Waals surface area contributed by atoms with E-state index in [1.807, 2.05) is 0 Å². The van der Waals surface area contributed by atoms with Gasteiger partial charge in [0.15, 0.2) is 0 Å². The molecular formula is C10H21NO. The van der Waals surface area contributed by atoms with Crippen molar-refractivity contribution in [1.29, 1.82) is 0 Å². The Morgan fingerprint density at radius 2 is 2.17 bits per heavy atom. The maximum atomic E-state index is 9.76. The Morgan fingerprint density at radius 1 is 1.42 bits per heavy atom. The second-order valence-electron chi connectivity index (χ2n) is 3.80. The van der Waals surface area contributed by atoms with Crippen LogP contribution in [0.1, 0.15) is 33.1 Å². The molecule has 12 heavy (non-hydrogen) atoms. The molecule has 2 nitrogen and oxygen atoms in total. The molecule has 1 saturated heterocycles. The fourth-order valence-electron chi connectivity index (χ4n) is 2.04. The van der Waals surface area contributed by atoms with Gasteiger partial charge in [-0.05, 0) is 31.8 Å². The lowest BCUT2D eigenvalue weighted by atomic mass is 9.90. The monoisotopic (exact) mass is 171 g/mol. The Hall–Kier alpha value is -0.0800. The fourth-order valence-corrected chi connectivity index (χ4v) is 2.04. The molecule has 72 valence electrons. The number of β-amino-alcohol motifs (C(OH)–C–C–N with tert-alkyl or cyclic N) is 1. The normalized spacial score (nSPS) is 32.2. The number of hydrogen-bond donors (Lipinski definition) is 1. The first-order valence-corrected chi connectivity index (χ1v) is 5.18. The van der Waals surface area contributed by atoms with E-state index in [1.54, 1.807) is 0 Å². The van der Waals surface area contributed by atoms with Gasteiger partial charge in [0, 0.05) is 6.54 Å². The lowest BCUT2D eigenvalue weighted by Gasteiger charge is -2.35. The van der Waals surface area contributed by atoms with Crippen molar-refractivity contribution in [3.05, 3.63) is 0 Å². The van der Waals surface area contributed by atoms with E-state index in [9.17, 15) is 5.11 Å². The summed E-state index contributed by atoms with van der Waals surface area (Å²) in [4.78, 5) is 2.33. The van der Waals surface area contributed by atoms with E-state index >= 15 is 0 Å². The highest BCUT2D eigenvalue weighted by molar-refractivity contribution is 4.78. The Labute approximate surface area is 75.6 Å². The summed E-state index contributed by atoms with van der Waals surface area (Å²) in [5, 5.41) is 9.76. The third-order valence-electron chi connectivity index (χ3n) is 2.91. The largest absolute Gasteiger partial charge is 0.392 e. The number of aliphatic hydroxyl groups excluding tert-OH is 1. The minimum absolute atomic E-state index is 0.0707. The molecular weight excluding hydrogens is 150 g/mol. The molecule has 1 N–H and O–H groups in total. The molecule has 1 fully saturated rings. The van der Waals surface area contributed by atoms with E-state index in [-0.39, 0.29) is 6.10 Å². The smallest absolute Gasteiger partial charge is 0.0695 e. The highest BCUT2D eigenvalue weighted by Gasteiger charge is 2.25. The van der Waals surface area contributed by atoms with E-state index in [0.29, 0.717) is 5.92 Å². The SMILES string of the molecule is CCCC1CCN(CC)C[C@@H]1O. The van der Waals surface area contributed by atoms with Crippen LogP contribution in [0.4, 0.5) is 0 Å². The molecule has 1 heterocycles. The van der Waals surface area contributed by atoms with Gasteiger partial charge in [-0.2, -0.15) is 0 Å². The number of likely N-dealkylation sites (N-methyl/N-ethyl adjacent to an activating group) is 1. The minimum atomic E-state index is -0.0707. The summed E-state index contributed by atoms with van der Waals surface area (Å²) in [7, 11) is 0. The van der Waals surface area contributed by atoms with Gasteiger partial charge < -0.3 is 10.0 Å². The predicted octanol–water partition coefficient (Wildman–Crippen LogP) is 1.49. The standard InChI is InChI=1S/C10H21NO/c1-3-5-9-6-7-11(4-2)8-10(9)12/h9-10,12H,3-8H2,1-2H3/t9?,10-/m0/s1. The van der Waals surface area contributed by atoms with Gasteiger partial charge in [-0.15, -0.1) is 0 Å². The van der Waals surface area contributed by atoms with E-state index in [2.05, 4.69) is 18.7 Å². The first-order chi connectivity index (χ1) is 5.77. The van der Waals surface area contributed by atoms with E-state index < -0.39 is 0 Å². The van der Waals surface area contributed by atoms with Crippen LogP contribution in [-0.4, -0.2) is 35.7 Å². The van der Waals surface area contributed by atoms with Gasteiger partial charge in [0.1, 0.15) is 0 Å².